The Morgan fingerprint density at radius 1 is 1.19 bits per heavy atom. The molecule has 9 nitrogen and oxygen atoms in total. The molecule has 0 saturated carbocycles. The van der Waals surface area contributed by atoms with Crippen LogP contribution in [0.5, 0.6) is 11.5 Å². The van der Waals surface area contributed by atoms with Gasteiger partial charge in [-0.05, 0) is 19.1 Å². The van der Waals surface area contributed by atoms with Crippen molar-refractivity contribution in [3.05, 3.63) is 34.8 Å². The largest absolute Gasteiger partial charge is 0.493 e. The van der Waals surface area contributed by atoms with Gasteiger partial charge in [-0.25, -0.2) is 9.97 Å². The second kappa shape index (κ2) is 10.8. The minimum absolute atomic E-state index is 0.0350. The van der Waals surface area contributed by atoms with Gasteiger partial charge in [0.25, 0.3) is 0 Å². The summed E-state index contributed by atoms with van der Waals surface area (Å²) in [4.78, 5) is 32.6. The number of esters is 1. The molecule has 0 aliphatic rings. The van der Waals surface area contributed by atoms with Gasteiger partial charge in [0.1, 0.15) is 11.1 Å². The van der Waals surface area contributed by atoms with E-state index in [1.54, 1.807) is 30.5 Å². The topological polar surface area (TPSA) is 123 Å². The Hall–Kier alpha value is -3.36. The van der Waals surface area contributed by atoms with Crippen LogP contribution in [-0.2, 0) is 20.7 Å². The average molecular weight is 473 g/mol. The van der Waals surface area contributed by atoms with E-state index in [2.05, 4.69) is 21.4 Å². The smallest absolute Gasteiger partial charge is 0.311 e. The SMILES string of the molecule is CCOC(=O)Cc1csc(NC(=O)CSc2nc3cc(OC)c(OC)cc3cc2C#N)n1. The number of anilines is 1. The second-order valence-electron chi connectivity index (χ2n) is 6.32. The molecule has 11 heteroatoms. The second-order valence-corrected chi connectivity index (χ2v) is 8.14. The molecule has 3 aromatic rings. The summed E-state index contributed by atoms with van der Waals surface area (Å²) in [5.41, 5.74) is 1.50. The van der Waals surface area contributed by atoms with Gasteiger partial charge in [0.2, 0.25) is 5.91 Å². The number of thioether (sulfide) groups is 1. The summed E-state index contributed by atoms with van der Waals surface area (Å²) in [5.74, 6) is 0.425. The molecule has 0 saturated heterocycles. The zero-order chi connectivity index (χ0) is 23.1. The molecular weight excluding hydrogens is 452 g/mol. The number of hydrogen-bond acceptors (Lipinski definition) is 10. The molecule has 0 aliphatic heterocycles. The van der Waals surface area contributed by atoms with Crippen LogP contribution in [0.25, 0.3) is 10.9 Å². The number of carbonyl (C=O) groups is 2. The van der Waals surface area contributed by atoms with Crippen molar-refractivity contribution < 1.29 is 23.8 Å². The molecule has 0 fully saturated rings. The number of rotatable bonds is 9. The molecule has 0 aliphatic carbocycles. The number of carbonyl (C=O) groups excluding carboxylic acids is 2. The molecule has 32 heavy (non-hydrogen) atoms. The van der Waals surface area contributed by atoms with Crippen molar-refractivity contribution in [2.24, 2.45) is 0 Å². The van der Waals surface area contributed by atoms with Gasteiger partial charge in [-0.15, -0.1) is 11.3 Å². The Morgan fingerprint density at radius 3 is 2.62 bits per heavy atom. The van der Waals surface area contributed by atoms with Crippen LogP contribution < -0.4 is 14.8 Å². The lowest BCUT2D eigenvalue weighted by molar-refractivity contribution is -0.142. The van der Waals surface area contributed by atoms with E-state index in [0.717, 1.165) is 17.1 Å². The summed E-state index contributed by atoms with van der Waals surface area (Å²) >= 11 is 2.37. The van der Waals surface area contributed by atoms with Crippen molar-refractivity contribution in [3.8, 4) is 17.6 Å². The molecule has 3 rings (SSSR count). The third-order valence-corrected chi connectivity index (χ3v) is 5.97. The zero-order valence-electron chi connectivity index (χ0n) is 17.6. The van der Waals surface area contributed by atoms with E-state index in [1.165, 1.54) is 25.6 Å². The fourth-order valence-corrected chi connectivity index (χ4v) is 4.26. The lowest BCUT2D eigenvalue weighted by atomic mass is 10.1. The number of nitrogens with zero attached hydrogens (tertiary/aromatic N) is 3. The van der Waals surface area contributed by atoms with Crippen LogP contribution in [0.4, 0.5) is 5.13 Å². The van der Waals surface area contributed by atoms with Crippen LogP contribution in [0.2, 0.25) is 0 Å². The van der Waals surface area contributed by atoms with Crippen molar-refractivity contribution in [3.63, 3.8) is 0 Å². The predicted octanol–water partition coefficient (Wildman–Crippen LogP) is 3.42. The van der Waals surface area contributed by atoms with Gasteiger partial charge >= 0.3 is 5.97 Å². The number of hydrogen-bond donors (Lipinski definition) is 1. The number of pyridine rings is 1. The number of aromatic nitrogens is 2. The van der Waals surface area contributed by atoms with Crippen LogP contribution in [-0.4, -0.2) is 48.4 Å². The lowest BCUT2D eigenvalue weighted by Gasteiger charge is -2.10. The molecule has 1 amide bonds. The Kier molecular flexibility index (Phi) is 7.86. The molecule has 0 spiro atoms. The van der Waals surface area contributed by atoms with Gasteiger partial charge in [-0.1, -0.05) is 11.8 Å². The Labute approximate surface area is 192 Å². The van der Waals surface area contributed by atoms with E-state index in [4.69, 9.17) is 14.2 Å². The minimum atomic E-state index is -0.369. The number of thiazole rings is 1. The van der Waals surface area contributed by atoms with Crippen LogP contribution in [0.15, 0.2) is 28.6 Å². The van der Waals surface area contributed by atoms with Crippen molar-refractivity contribution >= 4 is 51.0 Å². The summed E-state index contributed by atoms with van der Waals surface area (Å²) in [6, 6.07) is 7.29. The molecule has 2 aromatic heterocycles. The molecule has 0 radical (unpaired) electrons. The number of nitriles is 1. The van der Waals surface area contributed by atoms with E-state index in [1.807, 2.05) is 0 Å². The van der Waals surface area contributed by atoms with E-state index >= 15 is 0 Å². The number of benzene rings is 1. The van der Waals surface area contributed by atoms with Crippen molar-refractivity contribution in [1.29, 1.82) is 5.26 Å². The van der Waals surface area contributed by atoms with Crippen molar-refractivity contribution in [2.45, 2.75) is 18.4 Å². The Bertz CT molecular complexity index is 1190. The highest BCUT2D eigenvalue weighted by Gasteiger charge is 2.15. The van der Waals surface area contributed by atoms with E-state index in [9.17, 15) is 14.9 Å². The first-order valence-corrected chi connectivity index (χ1v) is 11.3. The minimum Gasteiger partial charge on any atom is -0.493 e. The Balaban J connectivity index is 1.68. The highest BCUT2D eigenvalue weighted by molar-refractivity contribution is 8.00. The highest BCUT2D eigenvalue weighted by atomic mass is 32.2. The maximum absolute atomic E-state index is 12.4. The molecule has 2 heterocycles. The maximum atomic E-state index is 12.4. The fraction of sp³-hybridized carbons (Fsp3) is 0.286. The van der Waals surface area contributed by atoms with Gasteiger partial charge < -0.3 is 19.5 Å². The zero-order valence-corrected chi connectivity index (χ0v) is 19.3. The van der Waals surface area contributed by atoms with Crippen LogP contribution in [0.1, 0.15) is 18.2 Å². The third-order valence-electron chi connectivity index (χ3n) is 4.17. The van der Waals surface area contributed by atoms with E-state index in [-0.39, 0.29) is 24.1 Å². The maximum Gasteiger partial charge on any atom is 0.311 e. The van der Waals surface area contributed by atoms with Gasteiger partial charge in [0, 0.05) is 16.8 Å². The first kappa shape index (κ1) is 23.3. The quantitative estimate of drug-likeness (QED) is 0.368. The molecular formula is C21H20N4O5S2. The number of fused-ring (bicyclic) bond motifs is 1. The van der Waals surface area contributed by atoms with Gasteiger partial charge in [0.15, 0.2) is 16.6 Å². The molecule has 0 bridgehead atoms. The van der Waals surface area contributed by atoms with Crippen LogP contribution in [0.3, 0.4) is 0 Å². The standard InChI is InChI=1S/C21H20N4O5S2/c1-4-30-19(27)7-14-10-32-21(23-14)25-18(26)11-31-20-13(9-22)5-12-6-16(28-2)17(29-3)8-15(12)24-20/h5-6,8,10H,4,7,11H2,1-3H3,(H,23,25,26). The molecule has 1 N–H and O–H groups in total. The number of amides is 1. The average Bonchev–Trinajstić information content (AvgIpc) is 3.22. The predicted molar refractivity (Wildman–Crippen MR) is 121 cm³/mol. The number of ether oxygens (including phenoxy) is 3. The van der Waals surface area contributed by atoms with E-state index < -0.39 is 0 Å². The Morgan fingerprint density at radius 2 is 1.94 bits per heavy atom. The van der Waals surface area contributed by atoms with Crippen LogP contribution in [0, 0.1) is 11.3 Å². The summed E-state index contributed by atoms with van der Waals surface area (Å²) in [6.07, 6.45) is 0.0513. The van der Waals surface area contributed by atoms with Gasteiger partial charge in [-0.2, -0.15) is 5.26 Å². The van der Waals surface area contributed by atoms with E-state index in [0.29, 0.717) is 45.0 Å². The monoisotopic (exact) mass is 472 g/mol. The number of nitrogens with one attached hydrogen (secondary N) is 1. The highest BCUT2D eigenvalue weighted by Crippen LogP contribution is 2.33. The molecule has 0 atom stereocenters. The fourth-order valence-electron chi connectivity index (χ4n) is 2.77. The lowest BCUT2D eigenvalue weighted by Crippen LogP contribution is -2.14. The summed E-state index contributed by atoms with van der Waals surface area (Å²) in [5, 5.41) is 15.5. The molecule has 1 aromatic carbocycles. The van der Waals surface area contributed by atoms with Gasteiger partial charge in [-0.3, -0.25) is 9.59 Å². The number of methoxy groups -OCH3 is 2. The first-order valence-electron chi connectivity index (χ1n) is 9.46. The van der Waals surface area contributed by atoms with Crippen molar-refractivity contribution in [1.82, 2.24) is 9.97 Å². The third kappa shape index (κ3) is 5.66. The molecule has 0 unspecified atom stereocenters. The van der Waals surface area contributed by atoms with Crippen molar-refractivity contribution in [2.75, 3.05) is 31.9 Å². The summed E-state index contributed by atoms with van der Waals surface area (Å²) in [7, 11) is 3.07. The normalized spacial score (nSPS) is 10.4. The summed E-state index contributed by atoms with van der Waals surface area (Å²) in [6.45, 7) is 2.04. The first-order chi connectivity index (χ1) is 15.5. The van der Waals surface area contributed by atoms with Gasteiger partial charge in [0.05, 0.1) is 49.8 Å². The summed E-state index contributed by atoms with van der Waals surface area (Å²) < 4.78 is 15.5. The van der Waals surface area contributed by atoms with Crippen LogP contribution >= 0.6 is 23.1 Å². The molecule has 166 valence electrons.